The van der Waals surface area contributed by atoms with E-state index in [1.807, 2.05) is 12.1 Å². The molecule has 6 aliphatic rings. The normalized spacial score (nSPS) is 34.1. The molecule has 1 aromatic rings. The van der Waals surface area contributed by atoms with Gasteiger partial charge in [0.15, 0.2) is 0 Å². The number of amides is 1. The molecule has 7 nitrogen and oxygen atoms in total. The predicted molar refractivity (Wildman–Crippen MR) is 144 cm³/mol. The van der Waals surface area contributed by atoms with Crippen LogP contribution in [0.5, 0.6) is 0 Å². The molecule has 1 saturated heterocycles. The quantitative estimate of drug-likeness (QED) is 0.397. The Morgan fingerprint density at radius 3 is 2.56 bits per heavy atom. The summed E-state index contributed by atoms with van der Waals surface area (Å²) in [5.74, 6) is 0.742. The fourth-order valence-corrected chi connectivity index (χ4v) is 9.73. The predicted octanol–water partition coefficient (Wildman–Crippen LogP) is 5.72. The number of hydrogen-bond donors (Lipinski definition) is 2. The highest BCUT2D eigenvalue weighted by Crippen LogP contribution is 2.57. The van der Waals surface area contributed by atoms with Gasteiger partial charge in [-0.05, 0) is 87.2 Å². The Hall–Kier alpha value is -1.94. The van der Waals surface area contributed by atoms with E-state index < -0.39 is 18.2 Å². The van der Waals surface area contributed by atoms with Gasteiger partial charge in [-0.1, -0.05) is 19.3 Å². The molecule has 4 bridgehead atoms. The van der Waals surface area contributed by atoms with Crippen LogP contribution in [0, 0.1) is 23.7 Å². The molecule has 1 aliphatic heterocycles. The zero-order valence-corrected chi connectivity index (χ0v) is 23.1. The minimum atomic E-state index is -2.76. The van der Waals surface area contributed by atoms with E-state index in [0.717, 1.165) is 49.5 Å². The van der Waals surface area contributed by atoms with Crippen LogP contribution in [0.3, 0.4) is 0 Å². The van der Waals surface area contributed by atoms with Crippen LogP contribution < -0.4 is 10.2 Å². The van der Waals surface area contributed by atoms with Gasteiger partial charge in [0, 0.05) is 30.8 Å². The minimum absolute atomic E-state index is 0.0222. The van der Waals surface area contributed by atoms with Gasteiger partial charge in [0.25, 0.3) is 5.91 Å². The maximum atomic E-state index is 13.8. The van der Waals surface area contributed by atoms with Gasteiger partial charge < -0.3 is 20.1 Å². The number of aromatic nitrogens is 1. The standard InChI is InChI=1S/C29H39F2N3O4S/c30-28(31)38-29-13-18-10-19(14-29)25(20(11-18)15-29)33-26(37)22-6-7-23(34-9-8-17(16-34)12-24(35)36)32-27(22)39-21-4-2-1-3-5-21/h6-7,17-21,25,28H,1-5,8-16H2,(H,33,37)(H,35,36)/t17-,18?,19-,20-,25?,29?/m0/s1. The smallest absolute Gasteiger partial charge is 0.345 e. The minimum Gasteiger partial charge on any atom is -0.481 e. The molecule has 5 saturated carbocycles. The van der Waals surface area contributed by atoms with Crippen molar-refractivity contribution in [3.8, 4) is 0 Å². The highest BCUT2D eigenvalue weighted by atomic mass is 32.2. The van der Waals surface area contributed by atoms with Gasteiger partial charge in [0.1, 0.15) is 10.8 Å². The van der Waals surface area contributed by atoms with Crippen molar-refractivity contribution in [1.29, 1.82) is 0 Å². The number of carbonyl (C=O) groups excluding carboxylic acids is 1. The van der Waals surface area contributed by atoms with Gasteiger partial charge >= 0.3 is 12.6 Å². The number of alkyl halides is 2. The Balaban J connectivity index is 1.19. The van der Waals surface area contributed by atoms with Crippen molar-refractivity contribution < 1.29 is 28.2 Å². The summed E-state index contributed by atoms with van der Waals surface area (Å²) < 4.78 is 31.6. The average molecular weight is 564 g/mol. The number of ether oxygens (including phenoxy) is 1. The van der Waals surface area contributed by atoms with E-state index in [0.29, 0.717) is 42.5 Å². The first kappa shape index (κ1) is 27.2. The lowest BCUT2D eigenvalue weighted by Crippen LogP contribution is -2.62. The second-order valence-corrected chi connectivity index (χ2v) is 13.9. The van der Waals surface area contributed by atoms with Crippen LogP contribution in [-0.2, 0) is 9.53 Å². The van der Waals surface area contributed by atoms with Crippen LogP contribution >= 0.6 is 11.8 Å². The first-order valence-corrected chi connectivity index (χ1v) is 15.6. The van der Waals surface area contributed by atoms with Crippen LogP contribution in [0.15, 0.2) is 17.2 Å². The highest BCUT2D eigenvalue weighted by Gasteiger charge is 2.57. The number of pyridine rings is 1. The summed E-state index contributed by atoms with van der Waals surface area (Å²) in [6, 6.07) is 3.75. The lowest BCUT2D eigenvalue weighted by atomic mass is 9.52. The molecule has 0 radical (unpaired) electrons. The Kier molecular flexibility index (Phi) is 7.79. The number of carboxylic acids is 1. The monoisotopic (exact) mass is 563 g/mol. The molecule has 39 heavy (non-hydrogen) atoms. The summed E-state index contributed by atoms with van der Waals surface area (Å²) in [6.45, 7) is -1.33. The molecular weight excluding hydrogens is 524 g/mol. The van der Waals surface area contributed by atoms with Crippen LogP contribution in [0.2, 0.25) is 0 Å². The lowest BCUT2D eigenvalue weighted by Gasteiger charge is -2.59. The molecule has 2 heterocycles. The Labute approximate surface area is 232 Å². The van der Waals surface area contributed by atoms with Gasteiger partial charge in [-0.3, -0.25) is 9.59 Å². The van der Waals surface area contributed by atoms with E-state index in [9.17, 15) is 23.5 Å². The Bertz CT molecular complexity index is 1060. The van der Waals surface area contributed by atoms with Crippen LogP contribution in [0.4, 0.5) is 14.6 Å². The zero-order chi connectivity index (χ0) is 27.1. The molecule has 1 amide bonds. The zero-order valence-electron chi connectivity index (χ0n) is 22.3. The molecule has 0 aromatic carbocycles. The molecule has 2 N–H and O–H groups in total. The molecule has 1 aromatic heterocycles. The first-order chi connectivity index (χ1) is 18.8. The third-order valence-electron chi connectivity index (χ3n) is 9.85. The third-order valence-corrected chi connectivity index (χ3v) is 11.2. The van der Waals surface area contributed by atoms with Gasteiger partial charge in [-0.25, -0.2) is 4.98 Å². The van der Waals surface area contributed by atoms with E-state index in [4.69, 9.17) is 9.72 Å². The second kappa shape index (κ2) is 11.1. The van der Waals surface area contributed by atoms with Crippen LogP contribution in [-0.4, -0.2) is 58.6 Å². The molecule has 10 heteroatoms. The first-order valence-electron chi connectivity index (χ1n) is 14.7. The number of rotatable bonds is 9. The van der Waals surface area contributed by atoms with E-state index in [2.05, 4.69) is 10.2 Å². The fourth-order valence-electron chi connectivity index (χ4n) is 8.41. The Morgan fingerprint density at radius 2 is 1.87 bits per heavy atom. The number of halogens is 2. The van der Waals surface area contributed by atoms with Gasteiger partial charge in [0.05, 0.1) is 11.2 Å². The maximum Gasteiger partial charge on any atom is 0.345 e. The van der Waals surface area contributed by atoms with Crippen molar-refractivity contribution in [3.05, 3.63) is 17.7 Å². The SMILES string of the molecule is O=C(O)C[C@@H]1CCN(c2ccc(C(=O)NC3[C@H]4CC5C[C@H]3CC(OC(F)F)(C5)C4)c(SC3CCCCC3)n2)C1. The molecule has 214 valence electrons. The van der Waals surface area contributed by atoms with E-state index >= 15 is 0 Å². The molecule has 0 spiro atoms. The number of carbonyl (C=O) groups is 2. The van der Waals surface area contributed by atoms with Crippen molar-refractivity contribution in [2.24, 2.45) is 23.7 Å². The number of nitrogens with one attached hydrogen (secondary N) is 1. The van der Waals surface area contributed by atoms with Crippen molar-refractivity contribution >= 4 is 29.5 Å². The Morgan fingerprint density at radius 1 is 1.13 bits per heavy atom. The molecular formula is C29H39F2N3O4S. The highest BCUT2D eigenvalue weighted by molar-refractivity contribution is 7.99. The number of nitrogens with zero attached hydrogens (tertiary/aromatic N) is 2. The molecule has 5 aliphatic carbocycles. The lowest BCUT2D eigenvalue weighted by molar-refractivity contribution is -0.260. The van der Waals surface area contributed by atoms with Crippen LogP contribution in [0.1, 0.15) is 87.4 Å². The number of anilines is 1. The number of aliphatic carboxylic acids is 1. The summed E-state index contributed by atoms with van der Waals surface area (Å²) in [7, 11) is 0. The van der Waals surface area contributed by atoms with Gasteiger partial charge in [-0.15, -0.1) is 11.8 Å². The van der Waals surface area contributed by atoms with Crippen molar-refractivity contribution in [1.82, 2.24) is 10.3 Å². The molecule has 7 rings (SSSR count). The summed E-state index contributed by atoms with van der Waals surface area (Å²) >= 11 is 1.70. The molecule has 6 fully saturated rings. The average Bonchev–Trinajstić information content (AvgIpc) is 3.33. The van der Waals surface area contributed by atoms with Gasteiger partial charge in [-0.2, -0.15) is 8.78 Å². The van der Waals surface area contributed by atoms with Crippen molar-refractivity contribution in [2.45, 2.75) is 106 Å². The second-order valence-electron chi connectivity index (χ2n) is 12.6. The number of carboxylic acid groups (broad SMARTS) is 1. The summed E-state index contributed by atoms with van der Waals surface area (Å²) in [4.78, 5) is 32.1. The third kappa shape index (κ3) is 5.92. The van der Waals surface area contributed by atoms with E-state index in [1.54, 1.807) is 11.8 Å². The van der Waals surface area contributed by atoms with E-state index in [1.165, 1.54) is 19.3 Å². The maximum absolute atomic E-state index is 13.8. The number of thioether (sulfide) groups is 1. The fraction of sp³-hybridized carbons (Fsp3) is 0.759. The summed E-state index contributed by atoms with van der Waals surface area (Å²) in [5.41, 5.74) is -0.145. The molecule has 0 unspecified atom stereocenters. The molecule has 3 atom stereocenters. The topological polar surface area (TPSA) is 91.8 Å². The number of hydrogen-bond acceptors (Lipinski definition) is 6. The summed E-state index contributed by atoms with van der Waals surface area (Å²) in [5, 5.41) is 13.7. The largest absolute Gasteiger partial charge is 0.481 e. The van der Waals surface area contributed by atoms with E-state index in [-0.39, 0.29) is 36.1 Å². The van der Waals surface area contributed by atoms with Crippen molar-refractivity contribution in [3.63, 3.8) is 0 Å². The summed E-state index contributed by atoms with van der Waals surface area (Å²) in [6.07, 6.45) is 10.6. The van der Waals surface area contributed by atoms with Gasteiger partial charge in [0.2, 0.25) is 0 Å². The van der Waals surface area contributed by atoms with Crippen LogP contribution in [0.25, 0.3) is 0 Å². The van der Waals surface area contributed by atoms with Crippen molar-refractivity contribution in [2.75, 3.05) is 18.0 Å².